The molecule has 0 radical (unpaired) electrons. The van der Waals surface area contributed by atoms with Crippen molar-refractivity contribution in [3.05, 3.63) is 34.9 Å². The monoisotopic (exact) mass is 241 g/mol. The molecule has 1 saturated carbocycles. The topological polar surface area (TPSA) is 12.0 Å². The second-order valence-corrected chi connectivity index (χ2v) is 6.68. The van der Waals surface area contributed by atoms with E-state index in [0.29, 0.717) is 5.41 Å². The van der Waals surface area contributed by atoms with Crippen LogP contribution in [-0.2, 0) is 11.8 Å². The average Bonchev–Trinajstić information content (AvgIpc) is 2.40. The lowest BCUT2D eigenvalue weighted by Gasteiger charge is -2.56. The predicted octanol–water partition coefficient (Wildman–Crippen LogP) is 3.34. The van der Waals surface area contributed by atoms with Gasteiger partial charge in [0.15, 0.2) is 0 Å². The van der Waals surface area contributed by atoms with Crippen molar-refractivity contribution in [2.45, 2.75) is 56.9 Å². The zero-order valence-corrected chi connectivity index (χ0v) is 11.3. The molecule has 1 nitrogen and oxygen atoms in total. The van der Waals surface area contributed by atoms with E-state index >= 15 is 0 Å². The number of hydrogen-bond acceptors (Lipinski definition) is 1. The quantitative estimate of drug-likeness (QED) is 0.734. The fourth-order valence-corrected chi connectivity index (χ4v) is 5.04. The van der Waals surface area contributed by atoms with Gasteiger partial charge in [-0.1, -0.05) is 36.6 Å². The second kappa shape index (κ2) is 3.84. The van der Waals surface area contributed by atoms with E-state index in [1.165, 1.54) is 50.6 Å². The van der Waals surface area contributed by atoms with E-state index in [0.717, 1.165) is 12.0 Å². The SMILES string of the molecule is Cc1ccc2c(c1)[C@]13CCCCC1[C@H](C2)NCC3. The number of benzene rings is 1. The average molecular weight is 241 g/mol. The number of nitrogens with one attached hydrogen (secondary N) is 1. The van der Waals surface area contributed by atoms with Crippen LogP contribution in [0, 0.1) is 12.8 Å². The third-order valence-corrected chi connectivity index (χ3v) is 5.80. The summed E-state index contributed by atoms with van der Waals surface area (Å²) in [5.41, 5.74) is 5.35. The van der Waals surface area contributed by atoms with Gasteiger partial charge in [-0.05, 0) is 56.2 Å². The lowest BCUT2D eigenvalue weighted by molar-refractivity contribution is 0.0797. The Balaban J connectivity index is 1.91. The van der Waals surface area contributed by atoms with Crippen molar-refractivity contribution < 1.29 is 0 Å². The van der Waals surface area contributed by atoms with E-state index in [2.05, 4.69) is 30.4 Å². The summed E-state index contributed by atoms with van der Waals surface area (Å²) in [7, 11) is 0. The van der Waals surface area contributed by atoms with Gasteiger partial charge in [-0.3, -0.25) is 0 Å². The Labute approximate surface area is 110 Å². The molecule has 2 bridgehead atoms. The minimum atomic E-state index is 0.535. The number of hydrogen-bond donors (Lipinski definition) is 1. The Kier molecular flexibility index (Phi) is 2.35. The normalized spacial score (nSPS) is 37.8. The first-order valence-electron chi connectivity index (χ1n) is 7.63. The third kappa shape index (κ3) is 1.37. The van der Waals surface area contributed by atoms with E-state index in [9.17, 15) is 0 Å². The molecule has 3 aliphatic rings. The Bertz CT molecular complexity index is 474. The standard InChI is InChI=1S/C17H23N/c1-12-5-6-13-11-16-14-4-2-3-7-17(14,8-9-18-16)15(13)10-12/h5-6,10,14,16,18H,2-4,7-9,11H2,1H3/t14?,16-,17-/m0/s1. The van der Waals surface area contributed by atoms with Gasteiger partial charge in [-0.15, -0.1) is 0 Å². The molecule has 96 valence electrons. The van der Waals surface area contributed by atoms with Gasteiger partial charge in [0.2, 0.25) is 0 Å². The summed E-state index contributed by atoms with van der Waals surface area (Å²) in [6, 6.07) is 7.97. The molecular formula is C17H23N. The molecule has 1 aliphatic heterocycles. The summed E-state index contributed by atoms with van der Waals surface area (Å²) >= 11 is 0. The smallest absolute Gasteiger partial charge is 0.0144 e. The summed E-state index contributed by atoms with van der Waals surface area (Å²) in [6.07, 6.45) is 8.41. The maximum Gasteiger partial charge on any atom is 0.0144 e. The van der Waals surface area contributed by atoms with E-state index in [1.54, 1.807) is 11.1 Å². The highest BCUT2D eigenvalue weighted by molar-refractivity contribution is 5.43. The molecule has 18 heavy (non-hydrogen) atoms. The van der Waals surface area contributed by atoms with Crippen molar-refractivity contribution in [3.63, 3.8) is 0 Å². The summed E-state index contributed by atoms with van der Waals surface area (Å²) in [5, 5.41) is 3.80. The van der Waals surface area contributed by atoms with E-state index in [1.807, 2.05) is 0 Å². The first-order chi connectivity index (χ1) is 8.79. The van der Waals surface area contributed by atoms with Crippen molar-refractivity contribution in [2.75, 3.05) is 6.54 Å². The highest BCUT2D eigenvalue weighted by atomic mass is 15.0. The van der Waals surface area contributed by atoms with E-state index in [4.69, 9.17) is 0 Å². The number of piperidine rings is 1. The highest BCUT2D eigenvalue weighted by Gasteiger charge is 2.51. The predicted molar refractivity (Wildman–Crippen MR) is 74.9 cm³/mol. The number of fused-ring (bicyclic) bond motifs is 1. The highest BCUT2D eigenvalue weighted by Crippen LogP contribution is 2.53. The maximum atomic E-state index is 3.80. The molecule has 2 aliphatic carbocycles. The largest absolute Gasteiger partial charge is 0.313 e. The zero-order chi connectivity index (χ0) is 12.2. The Hall–Kier alpha value is -0.820. The molecule has 0 spiro atoms. The molecule has 1 N–H and O–H groups in total. The van der Waals surface area contributed by atoms with Gasteiger partial charge in [0, 0.05) is 11.5 Å². The lowest BCUT2D eigenvalue weighted by atomic mass is 9.53. The molecule has 1 saturated heterocycles. The van der Waals surface area contributed by atoms with Crippen LogP contribution in [0.5, 0.6) is 0 Å². The summed E-state index contributed by atoms with van der Waals surface area (Å²) in [6.45, 7) is 3.48. The number of aryl methyl sites for hydroxylation is 1. The third-order valence-electron chi connectivity index (χ3n) is 5.80. The molecule has 0 amide bonds. The second-order valence-electron chi connectivity index (χ2n) is 6.68. The molecule has 1 heterocycles. The van der Waals surface area contributed by atoms with Gasteiger partial charge in [-0.2, -0.15) is 0 Å². The van der Waals surface area contributed by atoms with Crippen LogP contribution in [0.3, 0.4) is 0 Å². The molecule has 1 aromatic rings. The lowest BCUT2D eigenvalue weighted by Crippen LogP contribution is -2.59. The molecule has 3 atom stereocenters. The molecule has 1 unspecified atom stereocenters. The molecule has 4 rings (SSSR count). The van der Waals surface area contributed by atoms with Gasteiger partial charge in [0.05, 0.1) is 0 Å². The van der Waals surface area contributed by atoms with Crippen molar-refractivity contribution in [1.29, 1.82) is 0 Å². The molecule has 2 fully saturated rings. The van der Waals surface area contributed by atoms with Crippen molar-refractivity contribution >= 4 is 0 Å². The fourth-order valence-electron chi connectivity index (χ4n) is 5.04. The minimum absolute atomic E-state index is 0.535. The van der Waals surface area contributed by atoms with E-state index < -0.39 is 0 Å². The van der Waals surface area contributed by atoms with Crippen molar-refractivity contribution in [1.82, 2.24) is 5.32 Å². The van der Waals surface area contributed by atoms with Crippen LogP contribution in [0.2, 0.25) is 0 Å². The Morgan fingerprint density at radius 1 is 1.22 bits per heavy atom. The van der Waals surface area contributed by atoms with Crippen LogP contribution in [0.15, 0.2) is 18.2 Å². The van der Waals surface area contributed by atoms with Gasteiger partial charge in [0.25, 0.3) is 0 Å². The van der Waals surface area contributed by atoms with Crippen LogP contribution >= 0.6 is 0 Å². The van der Waals surface area contributed by atoms with Gasteiger partial charge in [-0.25, -0.2) is 0 Å². The maximum absolute atomic E-state index is 3.80. The van der Waals surface area contributed by atoms with Crippen LogP contribution in [0.25, 0.3) is 0 Å². The molecule has 0 aromatic heterocycles. The van der Waals surface area contributed by atoms with Crippen LogP contribution in [-0.4, -0.2) is 12.6 Å². The van der Waals surface area contributed by atoms with Crippen molar-refractivity contribution in [2.24, 2.45) is 5.92 Å². The zero-order valence-electron chi connectivity index (χ0n) is 11.3. The Morgan fingerprint density at radius 3 is 3.11 bits per heavy atom. The van der Waals surface area contributed by atoms with Gasteiger partial charge < -0.3 is 5.32 Å². The summed E-state index contributed by atoms with van der Waals surface area (Å²) in [4.78, 5) is 0. The number of rotatable bonds is 0. The Morgan fingerprint density at radius 2 is 2.17 bits per heavy atom. The minimum Gasteiger partial charge on any atom is -0.313 e. The molecule has 1 heteroatoms. The molecular weight excluding hydrogens is 218 g/mol. The summed E-state index contributed by atoms with van der Waals surface area (Å²) < 4.78 is 0. The van der Waals surface area contributed by atoms with Gasteiger partial charge in [0.1, 0.15) is 0 Å². The first-order valence-corrected chi connectivity index (χ1v) is 7.63. The van der Waals surface area contributed by atoms with Crippen LogP contribution in [0.1, 0.15) is 48.8 Å². The van der Waals surface area contributed by atoms with Gasteiger partial charge >= 0.3 is 0 Å². The fraction of sp³-hybridized carbons (Fsp3) is 0.647. The first kappa shape index (κ1) is 11.0. The summed E-state index contributed by atoms with van der Waals surface area (Å²) in [5.74, 6) is 0.911. The van der Waals surface area contributed by atoms with E-state index in [-0.39, 0.29) is 0 Å². The van der Waals surface area contributed by atoms with Crippen molar-refractivity contribution in [3.8, 4) is 0 Å². The van der Waals surface area contributed by atoms with Crippen LogP contribution in [0.4, 0.5) is 0 Å². The van der Waals surface area contributed by atoms with Crippen LogP contribution < -0.4 is 5.32 Å². The molecule has 1 aromatic carbocycles.